The van der Waals surface area contributed by atoms with Crippen molar-refractivity contribution in [2.45, 2.75) is 13.8 Å². The molecule has 0 bridgehead atoms. The highest BCUT2D eigenvalue weighted by Crippen LogP contribution is 2.07. The van der Waals surface area contributed by atoms with Crippen LogP contribution in [0.1, 0.15) is 12.5 Å². The number of nitrogens with one attached hydrogen (secondary N) is 1. The maximum Gasteiger partial charge on any atom is 0.0342 e. The van der Waals surface area contributed by atoms with Crippen LogP contribution < -0.4 is 5.32 Å². The first-order valence-electron chi connectivity index (χ1n) is 4.24. The molecule has 0 aliphatic heterocycles. The monoisotopic (exact) mass is 161 g/mol. The summed E-state index contributed by atoms with van der Waals surface area (Å²) < 4.78 is 0. The van der Waals surface area contributed by atoms with Crippen molar-refractivity contribution < 1.29 is 0 Å². The Kier molecular flexibility index (Phi) is 3.39. The zero-order valence-corrected chi connectivity index (χ0v) is 7.67. The number of benzene rings is 1. The van der Waals surface area contributed by atoms with Crippen molar-refractivity contribution in [3.8, 4) is 0 Å². The summed E-state index contributed by atoms with van der Waals surface area (Å²) in [5, 5.41) is 3.29. The highest BCUT2D eigenvalue weighted by atomic mass is 14.8. The average molecular weight is 161 g/mol. The van der Waals surface area contributed by atoms with Crippen molar-refractivity contribution in [1.82, 2.24) is 0 Å². The number of anilines is 1. The molecule has 0 aliphatic rings. The first kappa shape index (κ1) is 8.85. The zero-order valence-electron chi connectivity index (χ0n) is 7.67. The molecule has 1 rings (SSSR count). The Labute approximate surface area is 74.1 Å². The molecule has 0 spiro atoms. The van der Waals surface area contributed by atoms with Gasteiger partial charge in [0.15, 0.2) is 0 Å². The van der Waals surface area contributed by atoms with Crippen LogP contribution in [0.5, 0.6) is 0 Å². The van der Waals surface area contributed by atoms with Crippen LogP contribution >= 0.6 is 0 Å². The van der Waals surface area contributed by atoms with E-state index in [9.17, 15) is 0 Å². The molecule has 0 aromatic heterocycles. The molecule has 0 fully saturated rings. The van der Waals surface area contributed by atoms with Crippen molar-refractivity contribution in [2.75, 3.05) is 11.9 Å². The molecule has 0 saturated carbocycles. The van der Waals surface area contributed by atoms with Crippen molar-refractivity contribution in [2.24, 2.45) is 0 Å². The standard InChI is InChI=1S/C11H15N/c1-3-4-9-12-11-7-5-10(2)6-8-11/h3-8,12H,9H2,1-2H3/b4-3-. The summed E-state index contributed by atoms with van der Waals surface area (Å²) in [5.74, 6) is 0. The lowest BCUT2D eigenvalue weighted by molar-refractivity contribution is 1.32. The van der Waals surface area contributed by atoms with Gasteiger partial charge in [-0.15, -0.1) is 0 Å². The quantitative estimate of drug-likeness (QED) is 0.672. The van der Waals surface area contributed by atoms with E-state index in [0.29, 0.717) is 0 Å². The number of aryl methyl sites for hydroxylation is 1. The molecule has 0 unspecified atom stereocenters. The minimum Gasteiger partial charge on any atom is -0.382 e. The Balaban J connectivity index is 2.47. The van der Waals surface area contributed by atoms with Gasteiger partial charge in [-0.25, -0.2) is 0 Å². The van der Waals surface area contributed by atoms with E-state index in [-0.39, 0.29) is 0 Å². The van der Waals surface area contributed by atoms with E-state index in [4.69, 9.17) is 0 Å². The summed E-state index contributed by atoms with van der Waals surface area (Å²) in [4.78, 5) is 0. The van der Waals surface area contributed by atoms with Gasteiger partial charge in [0.1, 0.15) is 0 Å². The molecular formula is C11H15N. The molecule has 0 aliphatic carbocycles. The van der Waals surface area contributed by atoms with E-state index < -0.39 is 0 Å². The lowest BCUT2D eigenvalue weighted by atomic mass is 10.2. The third-order valence-electron chi connectivity index (χ3n) is 1.71. The van der Waals surface area contributed by atoms with Gasteiger partial charge in [-0.05, 0) is 26.0 Å². The second-order valence-electron chi connectivity index (χ2n) is 2.82. The third kappa shape index (κ3) is 2.79. The van der Waals surface area contributed by atoms with Crippen molar-refractivity contribution in [1.29, 1.82) is 0 Å². The molecular weight excluding hydrogens is 146 g/mol. The molecule has 1 aromatic rings. The normalized spacial score (nSPS) is 10.5. The van der Waals surface area contributed by atoms with Gasteiger partial charge >= 0.3 is 0 Å². The molecule has 1 nitrogen and oxygen atoms in total. The smallest absolute Gasteiger partial charge is 0.0342 e. The summed E-state index contributed by atoms with van der Waals surface area (Å²) in [6.07, 6.45) is 4.14. The predicted octanol–water partition coefficient (Wildman–Crippen LogP) is 2.98. The summed E-state index contributed by atoms with van der Waals surface area (Å²) in [6, 6.07) is 8.41. The van der Waals surface area contributed by atoms with E-state index in [1.807, 2.05) is 13.0 Å². The maximum absolute atomic E-state index is 3.29. The van der Waals surface area contributed by atoms with Crippen LogP contribution in [0.25, 0.3) is 0 Å². The van der Waals surface area contributed by atoms with Crippen LogP contribution in [-0.4, -0.2) is 6.54 Å². The fourth-order valence-electron chi connectivity index (χ4n) is 0.966. The average Bonchev–Trinajstić information content (AvgIpc) is 2.09. The van der Waals surface area contributed by atoms with Crippen LogP contribution in [-0.2, 0) is 0 Å². The van der Waals surface area contributed by atoms with Crippen LogP contribution in [0.4, 0.5) is 5.69 Å². The maximum atomic E-state index is 3.29. The highest BCUT2D eigenvalue weighted by Gasteiger charge is 1.87. The summed E-state index contributed by atoms with van der Waals surface area (Å²) >= 11 is 0. The number of hydrogen-bond acceptors (Lipinski definition) is 1. The molecule has 1 heteroatoms. The Morgan fingerprint density at radius 1 is 1.25 bits per heavy atom. The van der Waals surface area contributed by atoms with Crippen LogP contribution in [0, 0.1) is 6.92 Å². The molecule has 0 atom stereocenters. The molecule has 0 saturated heterocycles. The molecule has 1 N–H and O–H groups in total. The van der Waals surface area contributed by atoms with Gasteiger partial charge in [-0.2, -0.15) is 0 Å². The predicted molar refractivity (Wildman–Crippen MR) is 54.5 cm³/mol. The first-order valence-corrected chi connectivity index (χ1v) is 4.24. The van der Waals surface area contributed by atoms with Gasteiger partial charge in [0, 0.05) is 12.2 Å². The van der Waals surface area contributed by atoms with Gasteiger partial charge < -0.3 is 5.32 Å². The van der Waals surface area contributed by atoms with Crippen molar-refractivity contribution in [3.63, 3.8) is 0 Å². The molecule has 0 amide bonds. The largest absolute Gasteiger partial charge is 0.382 e. The summed E-state index contributed by atoms with van der Waals surface area (Å²) in [7, 11) is 0. The lowest BCUT2D eigenvalue weighted by Crippen LogP contribution is -1.97. The van der Waals surface area contributed by atoms with Gasteiger partial charge in [-0.3, -0.25) is 0 Å². The fourth-order valence-corrected chi connectivity index (χ4v) is 0.966. The number of rotatable bonds is 3. The summed E-state index contributed by atoms with van der Waals surface area (Å²) in [5.41, 5.74) is 2.48. The fraction of sp³-hybridized carbons (Fsp3) is 0.273. The number of allylic oxidation sites excluding steroid dienone is 1. The molecule has 0 heterocycles. The van der Waals surface area contributed by atoms with Gasteiger partial charge in [0.2, 0.25) is 0 Å². The molecule has 12 heavy (non-hydrogen) atoms. The Morgan fingerprint density at radius 2 is 1.92 bits per heavy atom. The minimum atomic E-state index is 0.902. The van der Waals surface area contributed by atoms with E-state index >= 15 is 0 Å². The van der Waals surface area contributed by atoms with Crippen molar-refractivity contribution >= 4 is 5.69 Å². The van der Waals surface area contributed by atoms with Gasteiger partial charge in [-0.1, -0.05) is 29.8 Å². The van der Waals surface area contributed by atoms with Gasteiger partial charge in [0.25, 0.3) is 0 Å². The Morgan fingerprint density at radius 3 is 2.50 bits per heavy atom. The molecule has 1 aromatic carbocycles. The lowest BCUT2D eigenvalue weighted by Gasteiger charge is -2.02. The third-order valence-corrected chi connectivity index (χ3v) is 1.71. The van der Waals surface area contributed by atoms with E-state index in [0.717, 1.165) is 6.54 Å². The second-order valence-corrected chi connectivity index (χ2v) is 2.82. The van der Waals surface area contributed by atoms with Crippen LogP contribution in [0.3, 0.4) is 0 Å². The Hall–Kier alpha value is -1.24. The highest BCUT2D eigenvalue weighted by molar-refractivity contribution is 5.44. The SMILES string of the molecule is C/C=C\CNc1ccc(C)cc1. The molecule has 0 radical (unpaired) electrons. The van der Waals surface area contributed by atoms with E-state index in [1.165, 1.54) is 11.3 Å². The van der Waals surface area contributed by atoms with Crippen LogP contribution in [0.15, 0.2) is 36.4 Å². The van der Waals surface area contributed by atoms with E-state index in [1.54, 1.807) is 0 Å². The minimum absolute atomic E-state index is 0.902. The number of hydrogen-bond donors (Lipinski definition) is 1. The Bertz CT molecular complexity index is 246. The first-order chi connectivity index (χ1) is 5.83. The van der Waals surface area contributed by atoms with Crippen molar-refractivity contribution in [3.05, 3.63) is 42.0 Å². The topological polar surface area (TPSA) is 12.0 Å². The zero-order chi connectivity index (χ0) is 8.81. The second kappa shape index (κ2) is 4.60. The van der Waals surface area contributed by atoms with Crippen LogP contribution in [0.2, 0.25) is 0 Å². The van der Waals surface area contributed by atoms with Gasteiger partial charge in [0.05, 0.1) is 0 Å². The molecule has 64 valence electrons. The van der Waals surface area contributed by atoms with E-state index in [2.05, 4.69) is 42.6 Å². The summed E-state index contributed by atoms with van der Waals surface area (Å²) in [6.45, 7) is 5.02.